The lowest BCUT2D eigenvalue weighted by molar-refractivity contribution is -0.128. The van der Waals surface area contributed by atoms with Gasteiger partial charge in [-0.1, -0.05) is 26.0 Å². The number of hydrogen-bond acceptors (Lipinski definition) is 4. The number of nitrogens with zero attached hydrogens (tertiary/aromatic N) is 1. The summed E-state index contributed by atoms with van der Waals surface area (Å²) < 4.78 is 5.70. The third-order valence-electron chi connectivity index (χ3n) is 4.61. The molecule has 0 bridgehead atoms. The van der Waals surface area contributed by atoms with Crippen molar-refractivity contribution in [1.82, 2.24) is 4.90 Å². The van der Waals surface area contributed by atoms with Crippen molar-refractivity contribution in [3.05, 3.63) is 54.1 Å². The lowest BCUT2D eigenvalue weighted by Gasteiger charge is -2.12. The van der Waals surface area contributed by atoms with Crippen LogP contribution in [0.1, 0.15) is 32.3 Å². The van der Waals surface area contributed by atoms with E-state index in [0.717, 1.165) is 29.1 Å². The quantitative estimate of drug-likeness (QED) is 0.582. The zero-order valence-electron chi connectivity index (χ0n) is 18.4. The van der Waals surface area contributed by atoms with Gasteiger partial charge in [0.1, 0.15) is 5.75 Å². The summed E-state index contributed by atoms with van der Waals surface area (Å²) in [6.45, 7) is 5.21. The minimum Gasteiger partial charge on any atom is -0.494 e. The van der Waals surface area contributed by atoms with E-state index >= 15 is 0 Å². The minimum atomic E-state index is -0.131. The molecule has 2 aromatic carbocycles. The van der Waals surface area contributed by atoms with Gasteiger partial charge < -0.3 is 20.3 Å². The molecule has 0 atom stereocenters. The van der Waals surface area contributed by atoms with E-state index in [-0.39, 0.29) is 18.4 Å². The zero-order valence-corrected chi connectivity index (χ0v) is 18.4. The zero-order chi connectivity index (χ0) is 21.9. The van der Waals surface area contributed by atoms with Crippen LogP contribution >= 0.6 is 0 Å². The van der Waals surface area contributed by atoms with Gasteiger partial charge in [0.2, 0.25) is 11.8 Å². The fourth-order valence-corrected chi connectivity index (χ4v) is 2.75. The molecule has 0 saturated heterocycles. The van der Waals surface area contributed by atoms with Crippen molar-refractivity contribution >= 4 is 23.2 Å². The number of nitrogens with one attached hydrogen (secondary N) is 2. The molecular formula is C24H33N3O3. The summed E-state index contributed by atoms with van der Waals surface area (Å²) in [5.74, 6) is 1.40. The number of hydrogen-bond donors (Lipinski definition) is 2. The highest BCUT2D eigenvalue weighted by Gasteiger charge is 2.07. The van der Waals surface area contributed by atoms with Crippen molar-refractivity contribution in [3.8, 4) is 5.75 Å². The lowest BCUT2D eigenvalue weighted by Crippen LogP contribution is -2.22. The molecule has 0 heterocycles. The molecule has 0 aromatic heterocycles. The molecule has 0 spiro atoms. The van der Waals surface area contributed by atoms with E-state index in [2.05, 4.69) is 24.5 Å². The standard InChI is InChI=1S/C24H33N3O3/c1-18(2)14-15-30-22-11-9-20(10-12-22)25-17-23(28)26-21-7-5-6-19(16-21)8-13-24(29)27(3)4/h5-7,9-12,16,18,25H,8,13-15,17H2,1-4H3,(H,26,28). The fraction of sp³-hybridized carbons (Fsp3) is 0.417. The topological polar surface area (TPSA) is 70.7 Å². The lowest BCUT2D eigenvalue weighted by atomic mass is 10.1. The van der Waals surface area contributed by atoms with Gasteiger partial charge in [0.25, 0.3) is 0 Å². The highest BCUT2D eigenvalue weighted by atomic mass is 16.5. The molecule has 0 unspecified atom stereocenters. The van der Waals surface area contributed by atoms with Crippen LogP contribution in [0, 0.1) is 5.92 Å². The van der Waals surface area contributed by atoms with Gasteiger partial charge in [-0.3, -0.25) is 9.59 Å². The van der Waals surface area contributed by atoms with Gasteiger partial charge >= 0.3 is 0 Å². The second-order valence-electron chi connectivity index (χ2n) is 7.95. The fourth-order valence-electron chi connectivity index (χ4n) is 2.75. The molecule has 2 rings (SSSR count). The van der Waals surface area contributed by atoms with Crippen LogP contribution in [0.25, 0.3) is 0 Å². The van der Waals surface area contributed by atoms with Gasteiger partial charge in [-0.15, -0.1) is 0 Å². The van der Waals surface area contributed by atoms with Gasteiger partial charge in [0, 0.05) is 31.9 Å². The Morgan fingerprint density at radius 3 is 2.43 bits per heavy atom. The van der Waals surface area contributed by atoms with E-state index in [9.17, 15) is 9.59 Å². The Morgan fingerprint density at radius 2 is 1.77 bits per heavy atom. The molecule has 2 amide bonds. The maximum Gasteiger partial charge on any atom is 0.243 e. The second-order valence-corrected chi connectivity index (χ2v) is 7.95. The summed E-state index contributed by atoms with van der Waals surface area (Å²) >= 11 is 0. The smallest absolute Gasteiger partial charge is 0.243 e. The largest absolute Gasteiger partial charge is 0.494 e. The molecule has 6 heteroatoms. The highest BCUT2D eigenvalue weighted by Crippen LogP contribution is 2.17. The Hall–Kier alpha value is -3.02. The van der Waals surface area contributed by atoms with E-state index in [1.165, 1.54) is 0 Å². The Bertz CT molecular complexity index is 817. The molecule has 0 aliphatic rings. The second kappa shape index (κ2) is 11.9. The first-order valence-electron chi connectivity index (χ1n) is 10.4. The van der Waals surface area contributed by atoms with E-state index in [4.69, 9.17) is 4.74 Å². The highest BCUT2D eigenvalue weighted by molar-refractivity contribution is 5.93. The van der Waals surface area contributed by atoms with Crippen molar-refractivity contribution in [2.45, 2.75) is 33.1 Å². The predicted octanol–water partition coefficient (Wildman–Crippen LogP) is 4.18. The van der Waals surface area contributed by atoms with Crippen molar-refractivity contribution in [2.24, 2.45) is 5.92 Å². The van der Waals surface area contributed by atoms with Crippen LogP contribution in [0.3, 0.4) is 0 Å². The number of carbonyl (C=O) groups excluding carboxylic acids is 2. The van der Waals surface area contributed by atoms with Crippen molar-refractivity contribution in [3.63, 3.8) is 0 Å². The predicted molar refractivity (Wildman–Crippen MR) is 122 cm³/mol. The number of amides is 2. The summed E-state index contributed by atoms with van der Waals surface area (Å²) in [6, 6.07) is 15.2. The molecule has 2 N–H and O–H groups in total. The molecule has 2 aromatic rings. The monoisotopic (exact) mass is 411 g/mol. The van der Waals surface area contributed by atoms with Gasteiger partial charge in [-0.05, 0) is 60.7 Å². The van der Waals surface area contributed by atoms with Crippen molar-refractivity contribution in [2.75, 3.05) is 37.9 Å². The molecular weight excluding hydrogens is 378 g/mol. The molecule has 0 radical (unpaired) electrons. The van der Waals surface area contributed by atoms with Crippen LogP contribution < -0.4 is 15.4 Å². The number of rotatable bonds is 11. The Morgan fingerprint density at radius 1 is 1.03 bits per heavy atom. The minimum absolute atomic E-state index is 0.0879. The molecule has 6 nitrogen and oxygen atoms in total. The van der Waals surface area contributed by atoms with Gasteiger partial charge in [0.05, 0.1) is 13.2 Å². The molecule has 30 heavy (non-hydrogen) atoms. The van der Waals surface area contributed by atoms with Crippen LogP contribution in [-0.4, -0.2) is 44.0 Å². The average Bonchev–Trinajstić information content (AvgIpc) is 2.71. The van der Waals surface area contributed by atoms with Gasteiger partial charge in [-0.2, -0.15) is 0 Å². The Labute approximate surface area is 179 Å². The first kappa shape index (κ1) is 23.3. The van der Waals surface area contributed by atoms with Crippen LogP contribution in [0.5, 0.6) is 5.75 Å². The maximum atomic E-state index is 12.3. The maximum absolute atomic E-state index is 12.3. The molecule has 0 aliphatic heterocycles. The normalized spacial score (nSPS) is 10.6. The van der Waals surface area contributed by atoms with Gasteiger partial charge in [-0.25, -0.2) is 0 Å². The first-order valence-corrected chi connectivity index (χ1v) is 10.4. The number of anilines is 2. The number of carbonyl (C=O) groups is 2. The number of ether oxygens (including phenoxy) is 1. The molecule has 0 aliphatic carbocycles. The van der Waals surface area contributed by atoms with E-state index in [0.29, 0.717) is 25.4 Å². The van der Waals surface area contributed by atoms with Crippen molar-refractivity contribution < 1.29 is 14.3 Å². The Balaban J connectivity index is 1.77. The third kappa shape index (κ3) is 8.55. The summed E-state index contributed by atoms with van der Waals surface area (Å²) in [6.07, 6.45) is 2.11. The van der Waals surface area contributed by atoms with Crippen molar-refractivity contribution in [1.29, 1.82) is 0 Å². The third-order valence-corrected chi connectivity index (χ3v) is 4.61. The van der Waals surface area contributed by atoms with E-state index in [1.54, 1.807) is 19.0 Å². The van der Waals surface area contributed by atoms with Crippen LogP contribution in [0.15, 0.2) is 48.5 Å². The van der Waals surface area contributed by atoms with Crippen LogP contribution in [0.4, 0.5) is 11.4 Å². The molecule has 162 valence electrons. The summed E-state index contributed by atoms with van der Waals surface area (Å²) in [7, 11) is 3.50. The number of aryl methyl sites for hydroxylation is 1. The SMILES string of the molecule is CC(C)CCOc1ccc(NCC(=O)Nc2cccc(CCC(=O)N(C)C)c2)cc1. The van der Waals surface area contributed by atoms with E-state index < -0.39 is 0 Å². The summed E-state index contributed by atoms with van der Waals surface area (Å²) in [5.41, 5.74) is 2.60. The van der Waals surface area contributed by atoms with Crippen LogP contribution in [-0.2, 0) is 16.0 Å². The Kier molecular flexibility index (Phi) is 9.19. The number of benzene rings is 2. The van der Waals surface area contributed by atoms with Gasteiger partial charge in [0.15, 0.2) is 0 Å². The van der Waals surface area contributed by atoms with Crippen LogP contribution in [0.2, 0.25) is 0 Å². The molecule has 0 fully saturated rings. The average molecular weight is 412 g/mol. The molecule has 0 saturated carbocycles. The van der Waals surface area contributed by atoms with E-state index in [1.807, 2.05) is 48.5 Å². The summed E-state index contributed by atoms with van der Waals surface area (Å²) in [4.78, 5) is 25.6. The summed E-state index contributed by atoms with van der Waals surface area (Å²) in [5, 5.41) is 6.01. The first-order chi connectivity index (χ1) is 14.3.